The van der Waals surface area contributed by atoms with E-state index in [0.29, 0.717) is 0 Å². The summed E-state index contributed by atoms with van der Waals surface area (Å²) in [5, 5.41) is 14.3. The van der Waals surface area contributed by atoms with Crippen LogP contribution < -0.4 is 5.32 Å². The molecule has 0 saturated carbocycles. The fourth-order valence-corrected chi connectivity index (χ4v) is 6.48. The average Bonchev–Trinajstić information content (AvgIpc) is 3.21. The maximum absolute atomic E-state index is 13.0. The van der Waals surface area contributed by atoms with E-state index in [9.17, 15) is 19.5 Å². The summed E-state index contributed by atoms with van der Waals surface area (Å²) in [4.78, 5) is 45.4. The number of nitrogens with one attached hydrogen (secondary N) is 1. The Labute approximate surface area is 209 Å². The summed E-state index contributed by atoms with van der Waals surface area (Å²) in [6.45, 7) is 12.5. The average molecular weight is 514 g/mol. The van der Waals surface area contributed by atoms with Gasteiger partial charge in [0, 0.05) is 29.0 Å². The van der Waals surface area contributed by atoms with E-state index < -0.39 is 42.1 Å². The van der Waals surface area contributed by atoms with E-state index in [4.69, 9.17) is 9.47 Å². The van der Waals surface area contributed by atoms with Gasteiger partial charge < -0.3 is 24.8 Å². The molecule has 3 aliphatic heterocycles. The molecule has 0 aromatic heterocycles. The SMILES string of the molecule is C[C@H]1[C@@H]([C@@H](C)O)C(=O)NC(C(=O)OCOC(=O)C(C)(C)C)=C(SC2CN(C3=NCCS3)C2)[C@@H]1C. The van der Waals surface area contributed by atoms with Crippen LogP contribution in [0.1, 0.15) is 41.5 Å². The number of allylic oxidation sites excluding steroid dienone is 1. The molecule has 0 bridgehead atoms. The van der Waals surface area contributed by atoms with E-state index in [1.807, 2.05) is 13.8 Å². The van der Waals surface area contributed by atoms with Crippen LogP contribution in [-0.4, -0.2) is 76.6 Å². The minimum absolute atomic E-state index is 0.0651. The second kappa shape index (κ2) is 10.9. The lowest BCUT2D eigenvalue weighted by molar-refractivity contribution is -0.171. The Bertz CT molecular complexity index is 876. The zero-order chi connectivity index (χ0) is 25.2. The van der Waals surface area contributed by atoms with Crippen LogP contribution in [0.4, 0.5) is 0 Å². The molecule has 0 spiro atoms. The van der Waals surface area contributed by atoms with Crippen molar-refractivity contribution in [1.29, 1.82) is 0 Å². The molecule has 1 fully saturated rings. The summed E-state index contributed by atoms with van der Waals surface area (Å²) in [5.74, 6) is -1.70. The first-order chi connectivity index (χ1) is 15.9. The van der Waals surface area contributed by atoms with Gasteiger partial charge in [-0.25, -0.2) is 4.79 Å². The summed E-state index contributed by atoms with van der Waals surface area (Å²) in [7, 11) is 0. The number of aliphatic hydroxyl groups is 1. The van der Waals surface area contributed by atoms with Crippen LogP contribution in [0, 0.1) is 23.2 Å². The Morgan fingerprint density at radius 1 is 1.29 bits per heavy atom. The van der Waals surface area contributed by atoms with E-state index in [1.54, 1.807) is 51.2 Å². The highest BCUT2D eigenvalue weighted by Crippen LogP contribution is 2.43. The second-order valence-electron chi connectivity index (χ2n) is 10.0. The van der Waals surface area contributed by atoms with Gasteiger partial charge in [-0.1, -0.05) is 25.6 Å². The maximum Gasteiger partial charge on any atom is 0.358 e. The lowest BCUT2D eigenvalue weighted by atomic mass is 9.81. The van der Waals surface area contributed by atoms with Gasteiger partial charge in [0.1, 0.15) is 5.70 Å². The zero-order valence-electron chi connectivity index (χ0n) is 20.6. The van der Waals surface area contributed by atoms with Crippen LogP contribution in [0.2, 0.25) is 0 Å². The van der Waals surface area contributed by atoms with Crippen LogP contribution in [-0.2, 0) is 23.9 Å². The Morgan fingerprint density at radius 3 is 2.53 bits per heavy atom. The Hall–Kier alpha value is -1.72. The number of amides is 1. The van der Waals surface area contributed by atoms with Gasteiger partial charge in [-0.05, 0) is 39.5 Å². The van der Waals surface area contributed by atoms with Crippen LogP contribution in [0.15, 0.2) is 15.6 Å². The number of ether oxygens (including phenoxy) is 2. The number of carbonyl (C=O) groups is 3. The first-order valence-corrected chi connectivity index (χ1v) is 13.4. The van der Waals surface area contributed by atoms with Crippen molar-refractivity contribution in [3.8, 4) is 0 Å². The number of likely N-dealkylation sites (tertiary alicyclic amines) is 1. The quantitative estimate of drug-likeness (QED) is 0.407. The van der Waals surface area contributed by atoms with Crippen molar-refractivity contribution in [2.24, 2.45) is 28.2 Å². The molecule has 0 aliphatic carbocycles. The zero-order valence-corrected chi connectivity index (χ0v) is 22.3. The summed E-state index contributed by atoms with van der Waals surface area (Å²) >= 11 is 3.32. The van der Waals surface area contributed by atoms with Crippen molar-refractivity contribution in [2.45, 2.75) is 52.9 Å². The molecule has 0 unspecified atom stereocenters. The number of rotatable bonds is 6. The predicted octanol–water partition coefficient (Wildman–Crippen LogP) is 2.21. The Kier molecular flexibility index (Phi) is 8.62. The normalized spacial score (nSPS) is 26.9. The monoisotopic (exact) mass is 513 g/mol. The molecule has 0 radical (unpaired) electrons. The van der Waals surface area contributed by atoms with Crippen molar-refractivity contribution in [1.82, 2.24) is 10.2 Å². The van der Waals surface area contributed by atoms with Gasteiger partial charge in [-0.15, -0.1) is 11.8 Å². The Balaban J connectivity index is 1.77. The molecule has 3 heterocycles. The molecular formula is C23H35N3O6S2. The van der Waals surface area contributed by atoms with Crippen molar-refractivity contribution in [3.05, 3.63) is 10.6 Å². The topological polar surface area (TPSA) is 118 Å². The standard InChI is InChI=1S/C23H35N3O6S2/c1-12-13(2)18(34-15-9-26(10-15)22-24-7-8-33-22)17(25-19(28)16(12)14(3)27)20(29)31-11-32-21(30)23(4,5)6/h12-16,27H,7-11H2,1-6H3,(H,25,28)/t12-,13-,14-,16+/m1/s1. The van der Waals surface area contributed by atoms with Gasteiger partial charge in [-0.2, -0.15) is 0 Å². The third-order valence-corrected chi connectivity index (χ3v) is 8.76. The summed E-state index contributed by atoms with van der Waals surface area (Å²) in [6, 6.07) is 0. The molecule has 0 aromatic rings. The van der Waals surface area contributed by atoms with Gasteiger partial charge in [0.15, 0.2) is 5.17 Å². The number of aliphatic hydroxyl groups excluding tert-OH is 1. The highest BCUT2D eigenvalue weighted by atomic mass is 32.2. The summed E-state index contributed by atoms with van der Waals surface area (Å²) < 4.78 is 10.3. The van der Waals surface area contributed by atoms with Crippen LogP contribution in [0.5, 0.6) is 0 Å². The van der Waals surface area contributed by atoms with Gasteiger partial charge in [0.05, 0.1) is 24.0 Å². The van der Waals surface area contributed by atoms with Crippen molar-refractivity contribution in [2.75, 3.05) is 32.2 Å². The molecule has 4 atom stereocenters. The van der Waals surface area contributed by atoms with Crippen LogP contribution in [0.25, 0.3) is 0 Å². The molecule has 9 nitrogen and oxygen atoms in total. The van der Waals surface area contributed by atoms with Crippen LogP contribution in [0.3, 0.4) is 0 Å². The first kappa shape index (κ1) is 26.9. The second-order valence-corrected chi connectivity index (χ2v) is 12.4. The third-order valence-electron chi connectivity index (χ3n) is 6.26. The molecule has 1 saturated heterocycles. The fourth-order valence-electron chi connectivity index (χ4n) is 4.05. The maximum atomic E-state index is 13.0. The molecule has 11 heteroatoms. The van der Waals surface area contributed by atoms with E-state index in [2.05, 4.69) is 15.2 Å². The largest absolute Gasteiger partial charge is 0.427 e. The molecule has 190 valence electrons. The number of hydrogen-bond donors (Lipinski definition) is 2. The van der Waals surface area contributed by atoms with Crippen molar-refractivity contribution in [3.63, 3.8) is 0 Å². The summed E-state index contributed by atoms with van der Waals surface area (Å²) in [6.07, 6.45) is -0.872. The van der Waals surface area contributed by atoms with Gasteiger partial charge in [0.2, 0.25) is 12.7 Å². The third kappa shape index (κ3) is 6.09. The number of carbonyl (C=O) groups excluding carboxylic acids is 3. The minimum Gasteiger partial charge on any atom is -0.427 e. The number of amidine groups is 1. The smallest absolute Gasteiger partial charge is 0.358 e. The predicted molar refractivity (Wildman–Crippen MR) is 133 cm³/mol. The molecule has 3 aliphatic rings. The fraction of sp³-hybridized carbons (Fsp3) is 0.739. The minimum atomic E-state index is -0.872. The van der Waals surface area contributed by atoms with Gasteiger partial charge >= 0.3 is 11.9 Å². The van der Waals surface area contributed by atoms with E-state index in [-0.39, 0.29) is 22.8 Å². The highest BCUT2D eigenvalue weighted by Gasteiger charge is 2.42. The summed E-state index contributed by atoms with van der Waals surface area (Å²) in [5.41, 5.74) is -0.661. The lowest BCUT2D eigenvalue weighted by Gasteiger charge is -2.41. The highest BCUT2D eigenvalue weighted by molar-refractivity contribution is 8.14. The molecule has 3 rings (SSSR count). The molecule has 34 heavy (non-hydrogen) atoms. The van der Waals surface area contributed by atoms with Crippen molar-refractivity contribution >= 4 is 46.5 Å². The lowest BCUT2D eigenvalue weighted by Crippen LogP contribution is -2.51. The van der Waals surface area contributed by atoms with E-state index >= 15 is 0 Å². The molecule has 1 amide bonds. The Morgan fingerprint density at radius 2 is 1.97 bits per heavy atom. The molecule has 2 N–H and O–H groups in total. The molecular weight excluding hydrogens is 478 g/mol. The molecule has 0 aromatic carbocycles. The van der Waals surface area contributed by atoms with Gasteiger partial charge in [-0.3, -0.25) is 14.6 Å². The number of hydrogen-bond acceptors (Lipinski definition) is 10. The number of nitrogens with zero attached hydrogens (tertiary/aromatic N) is 2. The van der Waals surface area contributed by atoms with Gasteiger partial charge in [0.25, 0.3) is 0 Å². The van der Waals surface area contributed by atoms with Crippen molar-refractivity contribution < 1.29 is 29.0 Å². The van der Waals surface area contributed by atoms with Crippen LogP contribution >= 0.6 is 23.5 Å². The van der Waals surface area contributed by atoms with E-state index in [1.165, 1.54) is 0 Å². The van der Waals surface area contributed by atoms with E-state index in [0.717, 1.165) is 35.5 Å². The first-order valence-electron chi connectivity index (χ1n) is 11.6. The number of aliphatic imine (C=N–C) groups is 1. The number of esters is 2. The number of thioether (sulfide) groups is 2.